The molecular formula is C22H23N5O3. The van der Waals surface area contributed by atoms with E-state index in [1.807, 2.05) is 24.4 Å². The Morgan fingerprint density at radius 2 is 2.03 bits per heavy atom. The number of pyridine rings is 1. The SMILES string of the molecule is Cn1cc(-c2cnn(-c3ccccc3C#N)c2)c(OCCN2CCOCC2)cc1=O. The molecule has 1 aliphatic rings. The van der Waals surface area contributed by atoms with Gasteiger partial charge in [-0.2, -0.15) is 10.4 Å². The normalized spacial score (nSPS) is 14.4. The third-order valence-corrected chi connectivity index (χ3v) is 5.12. The third kappa shape index (κ3) is 4.27. The first-order chi connectivity index (χ1) is 14.7. The van der Waals surface area contributed by atoms with Crippen molar-refractivity contribution in [1.82, 2.24) is 19.2 Å². The van der Waals surface area contributed by atoms with Crippen LogP contribution in [0.2, 0.25) is 0 Å². The van der Waals surface area contributed by atoms with Gasteiger partial charge < -0.3 is 14.0 Å². The Kier molecular flexibility index (Phi) is 5.93. The van der Waals surface area contributed by atoms with Crippen LogP contribution >= 0.6 is 0 Å². The number of hydrogen-bond acceptors (Lipinski definition) is 6. The topological polar surface area (TPSA) is 85.3 Å². The van der Waals surface area contributed by atoms with Crippen LogP contribution in [0.1, 0.15) is 5.56 Å². The molecule has 0 atom stereocenters. The molecule has 30 heavy (non-hydrogen) atoms. The highest BCUT2D eigenvalue weighted by Crippen LogP contribution is 2.29. The number of nitrogens with zero attached hydrogens (tertiary/aromatic N) is 5. The van der Waals surface area contributed by atoms with Crippen molar-refractivity contribution in [2.75, 3.05) is 39.5 Å². The smallest absolute Gasteiger partial charge is 0.254 e. The maximum atomic E-state index is 12.2. The number of benzene rings is 1. The number of nitriles is 1. The van der Waals surface area contributed by atoms with Gasteiger partial charge in [0.15, 0.2) is 0 Å². The summed E-state index contributed by atoms with van der Waals surface area (Å²) in [6.45, 7) is 4.50. The van der Waals surface area contributed by atoms with Gasteiger partial charge in [0.1, 0.15) is 18.4 Å². The molecule has 3 aromatic rings. The molecule has 0 bridgehead atoms. The fraction of sp³-hybridized carbons (Fsp3) is 0.318. The van der Waals surface area contributed by atoms with Crippen LogP contribution in [0.15, 0.2) is 53.7 Å². The van der Waals surface area contributed by atoms with Crippen molar-refractivity contribution in [3.05, 3.63) is 64.8 Å². The second-order valence-electron chi connectivity index (χ2n) is 7.11. The summed E-state index contributed by atoms with van der Waals surface area (Å²) in [5.74, 6) is 0.527. The second kappa shape index (κ2) is 8.95. The number of para-hydroxylation sites is 1. The van der Waals surface area contributed by atoms with Crippen molar-refractivity contribution in [2.45, 2.75) is 0 Å². The van der Waals surface area contributed by atoms with Gasteiger partial charge in [0.25, 0.3) is 5.56 Å². The van der Waals surface area contributed by atoms with Crippen LogP contribution in [-0.4, -0.2) is 58.7 Å². The molecule has 1 aromatic carbocycles. The summed E-state index contributed by atoms with van der Waals surface area (Å²) in [4.78, 5) is 14.5. The molecule has 0 saturated carbocycles. The largest absolute Gasteiger partial charge is 0.491 e. The summed E-state index contributed by atoms with van der Waals surface area (Å²) in [6.07, 6.45) is 5.30. The van der Waals surface area contributed by atoms with Gasteiger partial charge in [-0.3, -0.25) is 9.69 Å². The summed E-state index contributed by atoms with van der Waals surface area (Å²) < 4.78 is 14.6. The van der Waals surface area contributed by atoms with Gasteiger partial charge >= 0.3 is 0 Å². The van der Waals surface area contributed by atoms with Crippen LogP contribution in [-0.2, 0) is 11.8 Å². The molecule has 1 fully saturated rings. The monoisotopic (exact) mass is 405 g/mol. The van der Waals surface area contributed by atoms with Gasteiger partial charge in [0.2, 0.25) is 0 Å². The van der Waals surface area contributed by atoms with E-state index in [9.17, 15) is 10.1 Å². The highest BCUT2D eigenvalue weighted by atomic mass is 16.5. The molecule has 3 heterocycles. The Balaban J connectivity index is 1.59. The Hall–Kier alpha value is -3.41. The predicted molar refractivity (Wildman–Crippen MR) is 112 cm³/mol. The number of rotatable bonds is 6. The molecule has 0 spiro atoms. The van der Waals surface area contributed by atoms with E-state index in [0.29, 0.717) is 23.6 Å². The highest BCUT2D eigenvalue weighted by Gasteiger charge is 2.15. The van der Waals surface area contributed by atoms with Crippen LogP contribution in [0.4, 0.5) is 0 Å². The summed E-state index contributed by atoms with van der Waals surface area (Å²) in [5.41, 5.74) is 2.68. The van der Waals surface area contributed by atoms with E-state index in [4.69, 9.17) is 9.47 Å². The van der Waals surface area contributed by atoms with E-state index in [2.05, 4.69) is 16.1 Å². The number of aryl methyl sites for hydroxylation is 1. The number of aromatic nitrogens is 3. The molecule has 0 aliphatic carbocycles. The average Bonchev–Trinajstić information content (AvgIpc) is 3.26. The number of morpholine rings is 1. The highest BCUT2D eigenvalue weighted by molar-refractivity contribution is 5.69. The van der Waals surface area contributed by atoms with Crippen LogP contribution in [0.3, 0.4) is 0 Å². The molecular weight excluding hydrogens is 382 g/mol. The van der Waals surface area contributed by atoms with Gasteiger partial charge in [0, 0.05) is 56.3 Å². The summed E-state index contributed by atoms with van der Waals surface area (Å²) in [6, 6.07) is 11.0. The quantitative estimate of drug-likeness (QED) is 0.622. The lowest BCUT2D eigenvalue weighted by Crippen LogP contribution is -2.38. The first-order valence-corrected chi connectivity index (χ1v) is 9.84. The molecule has 8 heteroatoms. The molecule has 2 aromatic heterocycles. The van der Waals surface area contributed by atoms with Crippen molar-refractivity contribution in [1.29, 1.82) is 5.26 Å². The van der Waals surface area contributed by atoms with E-state index in [1.54, 1.807) is 30.2 Å². The van der Waals surface area contributed by atoms with Crippen molar-refractivity contribution in [3.8, 4) is 28.6 Å². The Labute approximate surface area is 174 Å². The van der Waals surface area contributed by atoms with Gasteiger partial charge in [-0.15, -0.1) is 0 Å². The molecule has 8 nitrogen and oxygen atoms in total. The lowest BCUT2D eigenvalue weighted by Gasteiger charge is -2.26. The molecule has 0 N–H and O–H groups in total. The molecule has 1 saturated heterocycles. The van der Waals surface area contributed by atoms with E-state index in [-0.39, 0.29) is 5.56 Å². The minimum absolute atomic E-state index is 0.137. The summed E-state index contributed by atoms with van der Waals surface area (Å²) in [7, 11) is 1.71. The van der Waals surface area contributed by atoms with E-state index >= 15 is 0 Å². The Morgan fingerprint density at radius 3 is 2.83 bits per heavy atom. The van der Waals surface area contributed by atoms with E-state index in [0.717, 1.165) is 44.0 Å². The van der Waals surface area contributed by atoms with Crippen molar-refractivity contribution < 1.29 is 9.47 Å². The van der Waals surface area contributed by atoms with Gasteiger partial charge in [0.05, 0.1) is 30.7 Å². The first-order valence-electron chi connectivity index (χ1n) is 9.84. The van der Waals surface area contributed by atoms with Crippen LogP contribution in [0.25, 0.3) is 16.8 Å². The summed E-state index contributed by atoms with van der Waals surface area (Å²) in [5, 5.41) is 13.8. The predicted octanol–water partition coefficient (Wildman–Crippen LogP) is 1.82. The molecule has 1 aliphatic heterocycles. The van der Waals surface area contributed by atoms with Crippen molar-refractivity contribution in [2.24, 2.45) is 7.05 Å². The zero-order chi connectivity index (χ0) is 20.9. The van der Waals surface area contributed by atoms with Gasteiger partial charge in [-0.1, -0.05) is 12.1 Å². The lowest BCUT2D eigenvalue weighted by atomic mass is 10.1. The molecule has 0 radical (unpaired) electrons. The standard InChI is InChI=1S/C22H23N5O3/c1-25-16-19(18-14-24-27(15-18)20-5-3-2-4-17(20)13-23)21(12-22(25)28)30-11-8-26-6-9-29-10-7-26/h2-5,12,14-16H,6-11H2,1H3. The Bertz CT molecular complexity index is 1120. The average molecular weight is 405 g/mol. The maximum absolute atomic E-state index is 12.2. The minimum atomic E-state index is -0.137. The first kappa shape index (κ1) is 19.9. The van der Waals surface area contributed by atoms with Crippen LogP contribution < -0.4 is 10.3 Å². The molecule has 4 rings (SSSR count). The van der Waals surface area contributed by atoms with Crippen molar-refractivity contribution >= 4 is 0 Å². The Morgan fingerprint density at radius 1 is 1.23 bits per heavy atom. The molecule has 154 valence electrons. The van der Waals surface area contributed by atoms with Crippen LogP contribution in [0.5, 0.6) is 5.75 Å². The maximum Gasteiger partial charge on any atom is 0.254 e. The minimum Gasteiger partial charge on any atom is -0.491 e. The second-order valence-corrected chi connectivity index (χ2v) is 7.11. The van der Waals surface area contributed by atoms with E-state index < -0.39 is 0 Å². The zero-order valence-corrected chi connectivity index (χ0v) is 16.8. The number of ether oxygens (including phenoxy) is 2. The fourth-order valence-corrected chi connectivity index (χ4v) is 3.42. The van der Waals surface area contributed by atoms with Gasteiger partial charge in [-0.25, -0.2) is 4.68 Å². The van der Waals surface area contributed by atoms with Crippen LogP contribution in [0, 0.1) is 11.3 Å². The van der Waals surface area contributed by atoms with E-state index in [1.165, 1.54) is 10.6 Å². The molecule has 0 unspecified atom stereocenters. The zero-order valence-electron chi connectivity index (χ0n) is 16.8. The fourth-order valence-electron chi connectivity index (χ4n) is 3.42. The van der Waals surface area contributed by atoms with Gasteiger partial charge in [-0.05, 0) is 12.1 Å². The summed E-state index contributed by atoms with van der Waals surface area (Å²) >= 11 is 0. The van der Waals surface area contributed by atoms with Crippen molar-refractivity contribution in [3.63, 3.8) is 0 Å². The number of hydrogen-bond donors (Lipinski definition) is 0. The lowest BCUT2D eigenvalue weighted by molar-refractivity contribution is 0.0323. The third-order valence-electron chi connectivity index (χ3n) is 5.12. The molecule has 0 amide bonds.